The SMILES string of the molecule is NC(=O)Cc1ccccc1NCc1ccc(F)c(Cl)c1. The van der Waals surface area contributed by atoms with Crippen LogP contribution in [0.3, 0.4) is 0 Å². The van der Waals surface area contributed by atoms with Crippen molar-refractivity contribution in [2.45, 2.75) is 13.0 Å². The van der Waals surface area contributed by atoms with E-state index >= 15 is 0 Å². The molecule has 0 bridgehead atoms. The Morgan fingerprint density at radius 3 is 2.70 bits per heavy atom. The molecule has 0 unspecified atom stereocenters. The number of anilines is 1. The summed E-state index contributed by atoms with van der Waals surface area (Å²) in [5, 5.41) is 3.29. The van der Waals surface area contributed by atoms with Gasteiger partial charge in [-0.05, 0) is 29.3 Å². The third-order valence-electron chi connectivity index (χ3n) is 2.85. The molecule has 0 saturated heterocycles. The lowest BCUT2D eigenvalue weighted by Crippen LogP contribution is -2.15. The minimum atomic E-state index is -0.440. The van der Waals surface area contributed by atoms with Crippen LogP contribution in [0, 0.1) is 5.82 Å². The molecule has 2 aromatic rings. The molecular formula is C15H14ClFN2O. The Balaban J connectivity index is 2.10. The maximum absolute atomic E-state index is 13.1. The van der Waals surface area contributed by atoms with E-state index in [-0.39, 0.29) is 17.4 Å². The first-order chi connectivity index (χ1) is 9.56. The van der Waals surface area contributed by atoms with E-state index in [0.29, 0.717) is 6.54 Å². The number of primary amides is 1. The van der Waals surface area contributed by atoms with Crippen LogP contribution in [0.25, 0.3) is 0 Å². The maximum atomic E-state index is 13.1. The highest BCUT2D eigenvalue weighted by atomic mass is 35.5. The molecule has 0 radical (unpaired) electrons. The fourth-order valence-corrected chi connectivity index (χ4v) is 2.08. The summed E-state index contributed by atoms with van der Waals surface area (Å²) < 4.78 is 13.1. The fourth-order valence-electron chi connectivity index (χ4n) is 1.88. The van der Waals surface area contributed by atoms with Gasteiger partial charge in [-0.2, -0.15) is 0 Å². The smallest absolute Gasteiger partial charge is 0.221 e. The van der Waals surface area contributed by atoms with Crippen LogP contribution in [0.5, 0.6) is 0 Å². The van der Waals surface area contributed by atoms with Crippen LogP contribution < -0.4 is 11.1 Å². The Bertz CT molecular complexity index is 631. The number of carbonyl (C=O) groups is 1. The minimum Gasteiger partial charge on any atom is -0.381 e. The third-order valence-corrected chi connectivity index (χ3v) is 3.14. The van der Waals surface area contributed by atoms with Gasteiger partial charge in [0.15, 0.2) is 0 Å². The number of benzene rings is 2. The predicted octanol–water partition coefficient (Wildman–Crippen LogP) is 3.12. The number of hydrogen-bond acceptors (Lipinski definition) is 2. The minimum absolute atomic E-state index is 0.0923. The van der Waals surface area contributed by atoms with E-state index in [4.69, 9.17) is 17.3 Å². The molecule has 3 nitrogen and oxygen atoms in total. The highest BCUT2D eigenvalue weighted by Crippen LogP contribution is 2.19. The van der Waals surface area contributed by atoms with Crippen LogP contribution in [0.4, 0.5) is 10.1 Å². The number of amides is 1. The molecule has 0 spiro atoms. The van der Waals surface area contributed by atoms with Crippen LogP contribution in [0.1, 0.15) is 11.1 Å². The van der Waals surface area contributed by atoms with E-state index in [9.17, 15) is 9.18 Å². The van der Waals surface area contributed by atoms with Gasteiger partial charge in [0.1, 0.15) is 5.82 Å². The van der Waals surface area contributed by atoms with E-state index in [0.717, 1.165) is 16.8 Å². The first kappa shape index (κ1) is 14.3. The molecule has 3 N–H and O–H groups in total. The number of rotatable bonds is 5. The summed E-state index contributed by atoms with van der Waals surface area (Å²) in [4.78, 5) is 11.0. The molecule has 0 saturated carbocycles. The number of nitrogens with two attached hydrogens (primary N) is 1. The van der Waals surface area contributed by atoms with Crippen molar-refractivity contribution < 1.29 is 9.18 Å². The van der Waals surface area contributed by atoms with Crippen LogP contribution in [0.15, 0.2) is 42.5 Å². The predicted molar refractivity (Wildman–Crippen MR) is 78.1 cm³/mol. The van der Waals surface area contributed by atoms with E-state index in [1.807, 2.05) is 24.3 Å². The van der Waals surface area contributed by atoms with Gasteiger partial charge in [0.25, 0.3) is 0 Å². The van der Waals surface area contributed by atoms with Gasteiger partial charge < -0.3 is 11.1 Å². The second-order valence-electron chi connectivity index (χ2n) is 4.40. The largest absolute Gasteiger partial charge is 0.381 e. The Morgan fingerprint density at radius 1 is 1.25 bits per heavy atom. The first-order valence-electron chi connectivity index (χ1n) is 6.10. The summed E-state index contributed by atoms with van der Waals surface area (Å²) in [5.74, 6) is -0.825. The summed E-state index contributed by atoms with van der Waals surface area (Å²) in [6, 6.07) is 12.0. The molecule has 5 heteroatoms. The normalized spacial score (nSPS) is 10.3. The fraction of sp³-hybridized carbons (Fsp3) is 0.133. The standard InChI is InChI=1S/C15H14ClFN2O/c16-12-7-10(5-6-13(12)17)9-19-14-4-2-1-3-11(14)8-15(18)20/h1-7,19H,8-9H2,(H2,18,20). The Labute approximate surface area is 121 Å². The molecule has 0 atom stereocenters. The van der Waals surface area contributed by atoms with Gasteiger partial charge in [-0.15, -0.1) is 0 Å². The third kappa shape index (κ3) is 3.71. The van der Waals surface area contributed by atoms with Gasteiger partial charge in [0.05, 0.1) is 11.4 Å². The van der Waals surface area contributed by atoms with Crippen molar-refractivity contribution in [1.82, 2.24) is 0 Å². The number of nitrogens with one attached hydrogen (secondary N) is 1. The van der Waals surface area contributed by atoms with Gasteiger partial charge in [0, 0.05) is 12.2 Å². The zero-order valence-corrected chi connectivity index (χ0v) is 11.5. The van der Waals surface area contributed by atoms with Crippen molar-refractivity contribution in [2.24, 2.45) is 5.73 Å². The van der Waals surface area contributed by atoms with Crippen LogP contribution in [-0.4, -0.2) is 5.91 Å². The van der Waals surface area contributed by atoms with Crippen molar-refractivity contribution in [3.63, 3.8) is 0 Å². The molecular weight excluding hydrogens is 279 g/mol. The van der Waals surface area contributed by atoms with E-state index < -0.39 is 5.82 Å². The molecule has 0 fully saturated rings. The van der Waals surface area contributed by atoms with Crippen LogP contribution in [-0.2, 0) is 17.8 Å². The van der Waals surface area contributed by atoms with Gasteiger partial charge >= 0.3 is 0 Å². The maximum Gasteiger partial charge on any atom is 0.221 e. The molecule has 0 aromatic heterocycles. The van der Waals surface area contributed by atoms with E-state index in [1.165, 1.54) is 6.07 Å². The molecule has 0 aliphatic carbocycles. The highest BCUT2D eigenvalue weighted by Gasteiger charge is 2.05. The van der Waals surface area contributed by atoms with Gasteiger partial charge in [-0.1, -0.05) is 35.9 Å². The lowest BCUT2D eigenvalue weighted by molar-refractivity contribution is -0.117. The zero-order valence-electron chi connectivity index (χ0n) is 10.7. The molecule has 1 amide bonds. The molecule has 0 aliphatic rings. The quantitative estimate of drug-likeness (QED) is 0.889. The van der Waals surface area contributed by atoms with E-state index in [2.05, 4.69) is 5.32 Å². The van der Waals surface area contributed by atoms with Crippen molar-refractivity contribution in [2.75, 3.05) is 5.32 Å². The lowest BCUT2D eigenvalue weighted by atomic mass is 10.1. The second kappa shape index (κ2) is 6.39. The number of halogens is 2. The zero-order chi connectivity index (χ0) is 14.5. The topological polar surface area (TPSA) is 55.1 Å². The summed E-state index contributed by atoms with van der Waals surface area (Å²) in [5.41, 5.74) is 7.72. The molecule has 0 aliphatic heterocycles. The Kier molecular flexibility index (Phi) is 4.58. The molecule has 0 heterocycles. The summed E-state index contributed by atoms with van der Waals surface area (Å²) in [6.07, 6.45) is 0.174. The van der Waals surface area contributed by atoms with Crippen LogP contribution in [0.2, 0.25) is 5.02 Å². The van der Waals surface area contributed by atoms with Gasteiger partial charge in [-0.3, -0.25) is 4.79 Å². The summed E-state index contributed by atoms with van der Waals surface area (Å²) >= 11 is 5.73. The second-order valence-corrected chi connectivity index (χ2v) is 4.81. The molecule has 2 aromatic carbocycles. The van der Waals surface area contributed by atoms with Crippen LogP contribution >= 0.6 is 11.6 Å². The van der Waals surface area contributed by atoms with Crippen molar-refractivity contribution >= 4 is 23.2 Å². The Morgan fingerprint density at radius 2 is 2.00 bits per heavy atom. The van der Waals surface area contributed by atoms with Gasteiger partial charge in [0.2, 0.25) is 5.91 Å². The van der Waals surface area contributed by atoms with E-state index in [1.54, 1.807) is 12.1 Å². The van der Waals surface area contributed by atoms with Crippen molar-refractivity contribution in [3.05, 3.63) is 64.4 Å². The first-order valence-corrected chi connectivity index (χ1v) is 6.48. The Hall–Kier alpha value is -2.07. The number of hydrogen-bond donors (Lipinski definition) is 2. The summed E-state index contributed by atoms with van der Waals surface area (Å²) in [7, 11) is 0. The molecule has 2 rings (SSSR count). The summed E-state index contributed by atoms with van der Waals surface area (Å²) in [6.45, 7) is 0.482. The lowest BCUT2D eigenvalue weighted by Gasteiger charge is -2.11. The van der Waals surface area contributed by atoms with Crippen molar-refractivity contribution in [3.8, 4) is 0 Å². The van der Waals surface area contributed by atoms with Gasteiger partial charge in [-0.25, -0.2) is 4.39 Å². The highest BCUT2D eigenvalue weighted by molar-refractivity contribution is 6.30. The van der Waals surface area contributed by atoms with Crippen molar-refractivity contribution in [1.29, 1.82) is 0 Å². The number of para-hydroxylation sites is 1. The molecule has 104 valence electrons. The average molecular weight is 293 g/mol. The number of carbonyl (C=O) groups excluding carboxylic acids is 1. The molecule has 20 heavy (non-hydrogen) atoms. The monoisotopic (exact) mass is 292 g/mol. The average Bonchev–Trinajstić information content (AvgIpc) is 2.41.